The molecular formula is C18H20N2O. The SMILES string of the molecule is CCN1c2ccccc2N(C(=O)c2ccccc2)CC1C. The molecule has 0 fully saturated rings. The van der Waals surface area contributed by atoms with E-state index in [0.29, 0.717) is 6.04 Å². The van der Waals surface area contributed by atoms with E-state index < -0.39 is 0 Å². The Morgan fingerprint density at radius 3 is 2.33 bits per heavy atom. The van der Waals surface area contributed by atoms with Crippen molar-refractivity contribution in [2.75, 3.05) is 22.9 Å². The third-order valence-corrected chi connectivity index (χ3v) is 4.07. The molecule has 0 bridgehead atoms. The summed E-state index contributed by atoms with van der Waals surface area (Å²) in [6.45, 7) is 6.00. The topological polar surface area (TPSA) is 23.6 Å². The number of hydrogen-bond donors (Lipinski definition) is 0. The van der Waals surface area contributed by atoms with Gasteiger partial charge >= 0.3 is 0 Å². The predicted molar refractivity (Wildman–Crippen MR) is 87.0 cm³/mol. The molecule has 108 valence electrons. The second-order valence-electron chi connectivity index (χ2n) is 5.41. The van der Waals surface area contributed by atoms with Crippen molar-refractivity contribution >= 4 is 17.3 Å². The average Bonchev–Trinajstić information content (AvgIpc) is 2.54. The number of benzene rings is 2. The van der Waals surface area contributed by atoms with Crippen LogP contribution in [0.2, 0.25) is 0 Å². The van der Waals surface area contributed by atoms with Gasteiger partial charge in [-0.3, -0.25) is 4.79 Å². The minimum atomic E-state index is 0.0747. The summed E-state index contributed by atoms with van der Waals surface area (Å²) >= 11 is 0. The number of carbonyl (C=O) groups is 1. The molecule has 1 aliphatic heterocycles. The van der Waals surface area contributed by atoms with Gasteiger partial charge in [0.15, 0.2) is 0 Å². The highest BCUT2D eigenvalue weighted by atomic mass is 16.2. The van der Waals surface area contributed by atoms with Crippen LogP contribution in [0.4, 0.5) is 11.4 Å². The van der Waals surface area contributed by atoms with Gasteiger partial charge in [-0.25, -0.2) is 0 Å². The van der Waals surface area contributed by atoms with Crippen molar-refractivity contribution < 1.29 is 4.79 Å². The fourth-order valence-corrected chi connectivity index (χ4v) is 3.04. The summed E-state index contributed by atoms with van der Waals surface area (Å²) in [6, 6.07) is 18.0. The first-order valence-corrected chi connectivity index (χ1v) is 7.45. The summed E-state index contributed by atoms with van der Waals surface area (Å²) in [5.41, 5.74) is 2.89. The molecule has 2 aromatic carbocycles. The molecular weight excluding hydrogens is 260 g/mol. The minimum absolute atomic E-state index is 0.0747. The van der Waals surface area contributed by atoms with E-state index in [9.17, 15) is 4.79 Å². The van der Waals surface area contributed by atoms with Gasteiger partial charge in [0, 0.05) is 24.7 Å². The second-order valence-corrected chi connectivity index (χ2v) is 5.41. The normalized spacial score (nSPS) is 17.5. The monoisotopic (exact) mass is 280 g/mol. The Balaban J connectivity index is 2.02. The number of amides is 1. The van der Waals surface area contributed by atoms with Crippen LogP contribution in [0.3, 0.4) is 0 Å². The number of likely N-dealkylation sites (N-methyl/N-ethyl adjacent to an activating group) is 1. The number of para-hydroxylation sites is 2. The number of carbonyl (C=O) groups excluding carboxylic acids is 1. The molecule has 0 saturated carbocycles. The first kappa shape index (κ1) is 13.7. The number of nitrogens with zero attached hydrogens (tertiary/aromatic N) is 2. The van der Waals surface area contributed by atoms with E-state index in [-0.39, 0.29) is 5.91 Å². The molecule has 3 nitrogen and oxygen atoms in total. The molecule has 2 aromatic rings. The van der Waals surface area contributed by atoms with Crippen molar-refractivity contribution in [1.82, 2.24) is 0 Å². The largest absolute Gasteiger partial charge is 0.366 e. The molecule has 0 radical (unpaired) electrons. The zero-order valence-electron chi connectivity index (χ0n) is 12.5. The molecule has 3 rings (SSSR count). The Labute approximate surface area is 125 Å². The molecule has 0 spiro atoms. The third-order valence-electron chi connectivity index (χ3n) is 4.07. The van der Waals surface area contributed by atoms with Crippen LogP contribution in [0, 0.1) is 0 Å². The Kier molecular flexibility index (Phi) is 3.65. The molecule has 3 heteroatoms. The lowest BCUT2D eigenvalue weighted by molar-refractivity contribution is 0.0984. The Hall–Kier alpha value is -2.29. The Morgan fingerprint density at radius 1 is 1.05 bits per heavy atom. The Bertz CT molecular complexity index is 639. The molecule has 1 heterocycles. The molecule has 1 amide bonds. The number of anilines is 2. The van der Waals surface area contributed by atoms with Gasteiger partial charge in [-0.2, -0.15) is 0 Å². The van der Waals surface area contributed by atoms with Gasteiger partial charge in [0.2, 0.25) is 0 Å². The van der Waals surface area contributed by atoms with Crippen molar-refractivity contribution in [2.45, 2.75) is 19.9 Å². The average molecular weight is 280 g/mol. The maximum atomic E-state index is 12.8. The zero-order valence-corrected chi connectivity index (χ0v) is 12.5. The standard InChI is InChI=1S/C18H20N2O/c1-3-19-14(2)13-20(17-12-8-7-11-16(17)19)18(21)15-9-5-4-6-10-15/h4-12,14H,3,13H2,1-2H3. The van der Waals surface area contributed by atoms with Gasteiger partial charge < -0.3 is 9.80 Å². The van der Waals surface area contributed by atoms with Crippen molar-refractivity contribution in [3.05, 3.63) is 60.2 Å². The van der Waals surface area contributed by atoms with Gasteiger partial charge in [-0.1, -0.05) is 30.3 Å². The van der Waals surface area contributed by atoms with Gasteiger partial charge in [0.25, 0.3) is 5.91 Å². The van der Waals surface area contributed by atoms with E-state index in [1.807, 2.05) is 53.4 Å². The molecule has 1 aliphatic rings. The van der Waals surface area contributed by atoms with Crippen molar-refractivity contribution in [3.63, 3.8) is 0 Å². The molecule has 0 N–H and O–H groups in total. The van der Waals surface area contributed by atoms with E-state index in [1.54, 1.807) is 0 Å². The van der Waals surface area contributed by atoms with Gasteiger partial charge in [-0.05, 0) is 38.1 Å². The summed E-state index contributed by atoms with van der Waals surface area (Å²) in [4.78, 5) is 17.1. The second kappa shape index (κ2) is 5.60. The quantitative estimate of drug-likeness (QED) is 0.839. The number of fused-ring (bicyclic) bond motifs is 1. The van der Waals surface area contributed by atoms with Crippen molar-refractivity contribution in [3.8, 4) is 0 Å². The highest BCUT2D eigenvalue weighted by Gasteiger charge is 2.30. The lowest BCUT2D eigenvalue weighted by atomic mass is 10.1. The predicted octanol–water partition coefficient (Wildman–Crippen LogP) is 3.56. The van der Waals surface area contributed by atoms with Crippen LogP contribution in [-0.4, -0.2) is 25.0 Å². The third kappa shape index (κ3) is 2.40. The fourth-order valence-electron chi connectivity index (χ4n) is 3.04. The molecule has 1 unspecified atom stereocenters. The van der Waals surface area contributed by atoms with Crippen LogP contribution in [0.25, 0.3) is 0 Å². The molecule has 0 aliphatic carbocycles. The molecule has 1 atom stereocenters. The van der Waals surface area contributed by atoms with Crippen molar-refractivity contribution in [1.29, 1.82) is 0 Å². The highest BCUT2D eigenvalue weighted by Crippen LogP contribution is 2.35. The van der Waals surface area contributed by atoms with Gasteiger partial charge in [0.05, 0.1) is 11.4 Å². The molecule has 21 heavy (non-hydrogen) atoms. The van der Waals surface area contributed by atoms with E-state index in [2.05, 4.69) is 24.8 Å². The van der Waals surface area contributed by atoms with Crippen LogP contribution in [-0.2, 0) is 0 Å². The maximum absolute atomic E-state index is 12.8. The van der Waals surface area contributed by atoms with E-state index in [1.165, 1.54) is 0 Å². The summed E-state index contributed by atoms with van der Waals surface area (Å²) in [7, 11) is 0. The van der Waals surface area contributed by atoms with Gasteiger partial charge in [-0.15, -0.1) is 0 Å². The maximum Gasteiger partial charge on any atom is 0.258 e. The van der Waals surface area contributed by atoms with E-state index >= 15 is 0 Å². The van der Waals surface area contributed by atoms with Crippen LogP contribution in [0.15, 0.2) is 54.6 Å². The van der Waals surface area contributed by atoms with Crippen LogP contribution in [0.5, 0.6) is 0 Å². The highest BCUT2D eigenvalue weighted by molar-refractivity contribution is 6.08. The van der Waals surface area contributed by atoms with Crippen LogP contribution >= 0.6 is 0 Å². The smallest absolute Gasteiger partial charge is 0.258 e. The van der Waals surface area contributed by atoms with E-state index in [0.717, 1.165) is 30.0 Å². The Morgan fingerprint density at radius 2 is 1.67 bits per heavy atom. The fraction of sp³-hybridized carbons (Fsp3) is 0.278. The first-order chi connectivity index (χ1) is 10.2. The van der Waals surface area contributed by atoms with Crippen LogP contribution in [0.1, 0.15) is 24.2 Å². The van der Waals surface area contributed by atoms with Gasteiger partial charge in [0.1, 0.15) is 0 Å². The lowest BCUT2D eigenvalue weighted by Crippen LogP contribution is -2.49. The summed E-state index contributed by atoms with van der Waals surface area (Å²) in [5.74, 6) is 0.0747. The van der Waals surface area contributed by atoms with Crippen molar-refractivity contribution in [2.24, 2.45) is 0 Å². The molecule has 0 saturated heterocycles. The summed E-state index contributed by atoms with van der Waals surface area (Å²) in [5, 5.41) is 0. The minimum Gasteiger partial charge on any atom is -0.366 e. The summed E-state index contributed by atoms with van der Waals surface area (Å²) < 4.78 is 0. The van der Waals surface area contributed by atoms with Crippen LogP contribution < -0.4 is 9.80 Å². The zero-order chi connectivity index (χ0) is 14.8. The lowest BCUT2D eigenvalue weighted by Gasteiger charge is -2.42. The summed E-state index contributed by atoms with van der Waals surface area (Å²) in [6.07, 6.45) is 0. The molecule has 0 aromatic heterocycles. The first-order valence-electron chi connectivity index (χ1n) is 7.45. The number of rotatable bonds is 2. The number of hydrogen-bond acceptors (Lipinski definition) is 2. The van der Waals surface area contributed by atoms with E-state index in [4.69, 9.17) is 0 Å².